The van der Waals surface area contributed by atoms with Gasteiger partial charge in [0, 0.05) is 13.5 Å². The highest BCUT2D eigenvalue weighted by atomic mass is 19.1. The number of nitrogens with one attached hydrogen (secondary N) is 2. The molecule has 0 aromatic carbocycles. The van der Waals surface area contributed by atoms with Gasteiger partial charge in [-0.15, -0.1) is 0 Å². The van der Waals surface area contributed by atoms with Gasteiger partial charge in [0.2, 0.25) is 0 Å². The summed E-state index contributed by atoms with van der Waals surface area (Å²) in [5, 5.41) is 4.39. The van der Waals surface area contributed by atoms with E-state index in [9.17, 15) is 18.8 Å². The van der Waals surface area contributed by atoms with E-state index in [1.165, 1.54) is 7.05 Å². The summed E-state index contributed by atoms with van der Waals surface area (Å²) in [5.74, 6) is -1.72. The number of rotatable bonds is 5. The maximum Gasteiger partial charge on any atom is 0.408 e. The normalized spacial score (nSPS) is 14.4. The maximum atomic E-state index is 13.8. The zero-order chi connectivity index (χ0) is 18.4. The molecule has 0 bridgehead atoms. The molecule has 0 radical (unpaired) electrons. The number of halogens is 1. The van der Waals surface area contributed by atoms with Crippen LogP contribution in [-0.2, 0) is 19.1 Å². The van der Waals surface area contributed by atoms with E-state index in [2.05, 4.69) is 10.6 Å². The number of hydrogen-bond acceptors (Lipinski definition) is 5. The highest BCUT2D eigenvalue weighted by molar-refractivity contribution is 5.84. The quantitative estimate of drug-likeness (QED) is 0.746. The molecule has 23 heavy (non-hydrogen) atoms. The molecule has 8 heteroatoms. The average molecular weight is 334 g/mol. The number of ether oxygens (including phenoxy) is 2. The smallest absolute Gasteiger partial charge is 0.408 e. The third-order valence-electron chi connectivity index (χ3n) is 2.36. The van der Waals surface area contributed by atoms with Gasteiger partial charge in [-0.1, -0.05) is 0 Å². The minimum Gasteiger partial charge on any atom is -0.458 e. The lowest BCUT2D eigenvalue weighted by Crippen LogP contribution is -2.48. The molecule has 0 saturated carbocycles. The van der Waals surface area contributed by atoms with Gasteiger partial charge in [-0.3, -0.25) is 4.79 Å². The first kappa shape index (κ1) is 21.1. The molecule has 0 saturated heterocycles. The van der Waals surface area contributed by atoms with Crippen LogP contribution in [0.3, 0.4) is 0 Å². The van der Waals surface area contributed by atoms with Crippen LogP contribution >= 0.6 is 0 Å². The summed E-state index contributed by atoms with van der Waals surface area (Å²) >= 11 is 0. The molecule has 0 aromatic heterocycles. The van der Waals surface area contributed by atoms with Gasteiger partial charge in [-0.05, 0) is 41.5 Å². The maximum absolute atomic E-state index is 13.8. The summed E-state index contributed by atoms with van der Waals surface area (Å²) in [5.41, 5.74) is -1.59. The van der Waals surface area contributed by atoms with Gasteiger partial charge in [-0.25, -0.2) is 14.0 Å². The van der Waals surface area contributed by atoms with Gasteiger partial charge in [-0.2, -0.15) is 0 Å². The van der Waals surface area contributed by atoms with E-state index in [1.807, 2.05) is 0 Å². The summed E-state index contributed by atoms with van der Waals surface area (Å²) < 4.78 is 24.0. The summed E-state index contributed by atoms with van der Waals surface area (Å²) in [6, 6.07) is -1.34. The molecule has 0 unspecified atom stereocenters. The van der Waals surface area contributed by atoms with E-state index in [4.69, 9.17) is 9.47 Å². The SMILES string of the molecule is CNC(=O)[C@@H](F)C[C@H](NC(=O)OC(C)(C)C)C(=O)OC(C)(C)C. The molecule has 0 spiro atoms. The van der Waals surface area contributed by atoms with Crippen molar-refractivity contribution in [3.05, 3.63) is 0 Å². The second-order valence-corrected chi connectivity index (χ2v) is 7.05. The van der Waals surface area contributed by atoms with Crippen LogP contribution in [-0.4, -0.2) is 48.4 Å². The Labute approximate surface area is 136 Å². The Morgan fingerprint density at radius 2 is 1.48 bits per heavy atom. The first-order valence-electron chi connectivity index (χ1n) is 7.33. The number of hydrogen-bond donors (Lipinski definition) is 2. The second kappa shape index (κ2) is 8.12. The Hall–Kier alpha value is -1.86. The van der Waals surface area contributed by atoms with Crippen LogP contribution in [0.25, 0.3) is 0 Å². The van der Waals surface area contributed by atoms with Crippen LogP contribution in [0.2, 0.25) is 0 Å². The van der Waals surface area contributed by atoms with Crippen LogP contribution in [0.1, 0.15) is 48.0 Å². The van der Waals surface area contributed by atoms with Crippen LogP contribution in [0.4, 0.5) is 9.18 Å². The number of alkyl carbamates (subject to hydrolysis) is 1. The van der Waals surface area contributed by atoms with Crippen LogP contribution in [0.5, 0.6) is 0 Å². The van der Waals surface area contributed by atoms with Crippen molar-refractivity contribution in [1.29, 1.82) is 0 Å². The highest BCUT2D eigenvalue weighted by Gasteiger charge is 2.32. The van der Waals surface area contributed by atoms with Crippen molar-refractivity contribution >= 4 is 18.0 Å². The largest absolute Gasteiger partial charge is 0.458 e. The Kier molecular flexibility index (Phi) is 7.47. The molecule has 2 atom stereocenters. The molecule has 0 aliphatic heterocycles. The molecule has 7 nitrogen and oxygen atoms in total. The van der Waals surface area contributed by atoms with E-state index in [0.29, 0.717) is 0 Å². The molecular formula is C15H27FN2O5. The molecule has 0 rings (SSSR count). The molecule has 2 amide bonds. The van der Waals surface area contributed by atoms with Crippen molar-refractivity contribution in [3.8, 4) is 0 Å². The summed E-state index contributed by atoms with van der Waals surface area (Å²) in [4.78, 5) is 35.2. The molecule has 0 fully saturated rings. The molecule has 134 valence electrons. The topological polar surface area (TPSA) is 93.7 Å². The van der Waals surface area contributed by atoms with Crippen LogP contribution in [0.15, 0.2) is 0 Å². The van der Waals surface area contributed by atoms with Crippen molar-refractivity contribution in [3.63, 3.8) is 0 Å². The minimum atomic E-state index is -1.97. The van der Waals surface area contributed by atoms with Gasteiger partial charge in [0.15, 0.2) is 6.17 Å². The van der Waals surface area contributed by atoms with Gasteiger partial charge in [0.25, 0.3) is 5.91 Å². The lowest BCUT2D eigenvalue weighted by molar-refractivity contribution is -0.158. The molecule has 0 aromatic rings. The fourth-order valence-corrected chi connectivity index (χ4v) is 1.51. The lowest BCUT2D eigenvalue weighted by Gasteiger charge is -2.26. The number of amides is 2. The summed E-state index contributed by atoms with van der Waals surface area (Å²) in [6.07, 6.45) is -3.40. The van der Waals surface area contributed by atoms with E-state index in [-0.39, 0.29) is 0 Å². The number of alkyl halides is 1. The standard InChI is InChI=1S/C15H27FN2O5/c1-14(2,3)22-12(20)10(8-9(16)11(19)17-7)18-13(21)23-15(4,5)6/h9-10H,8H2,1-7H3,(H,17,19)(H,18,21)/t9-,10-/m0/s1. The minimum absolute atomic E-state index is 0.548. The predicted molar refractivity (Wildman–Crippen MR) is 82.6 cm³/mol. The fraction of sp³-hybridized carbons (Fsp3) is 0.800. The van der Waals surface area contributed by atoms with Crippen LogP contribution in [0, 0.1) is 0 Å². The zero-order valence-corrected chi connectivity index (χ0v) is 14.8. The summed E-state index contributed by atoms with van der Waals surface area (Å²) in [6.45, 7) is 9.87. The predicted octanol–water partition coefficient (Wildman–Crippen LogP) is 1.70. The third-order valence-corrected chi connectivity index (χ3v) is 2.36. The zero-order valence-electron chi connectivity index (χ0n) is 14.8. The average Bonchev–Trinajstić information content (AvgIpc) is 2.32. The first-order chi connectivity index (χ1) is 10.2. The monoisotopic (exact) mass is 334 g/mol. The van der Waals surface area contributed by atoms with Gasteiger partial charge in [0.05, 0.1) is 0 Å². The molecule has 0 aliphatic carbocycles. The number of carbonyl (C=O) groups is 3. The van der Waals surface area contributed by atoms with E-state index >= 15 is 0 Å². The van der Waals surface area contributed by atoms with Crippen molar-refractivity contribution in [2.24, 2.45) is 0 Å². The van der Waals surface area contributed by atoms with E-state index < -0.39 is 47.8 Å². The van der Waals surface area contributed by atoms with Gasteiger partial charge < -0.3 is 20.1 Å². The Bertz CT molecular complexity index is 440. The van der Waals surface area contributed by atoms with E-state index in [0.717, 1.165) is 0 Å². The van der Waals surface area contributed by atoms with Crippen LogP contribution < -0.4 is 10.6 Å². The summed E-state index contributed by atoms with van der Waals surface area (Å²) in [7, 11) is 1.28. The van der Waals surface area contributed by atoms with Crippen molar-refractivity contribution < 1.29 is 28.2 Å². The first-order valence-corrected chi connectivity index (χ1v) is 7.33. The van der Waals surface area contributed by atoms with Crippen molar-refractivity contribution in [2.75, 3.05) is 7.05 Å². The van der Waals surface area contributed by atoms with Gasteiger partial charge >= 0.3 is 12.1 Å². The Morgan fingerprint density at radius 1 is 1.00 bits per heavy atom. The van der Waals surface area contributed by atoms with Crippen molar-refractivity contribution in [1.82, 2.24) is 10.6 Å². The molecular weight excluding hydrogens is 307 g/mol. The molecule has 2 N–H and O–H groups in total. The number of esters is 1. The lowest BCUT2D eigenvalue weighted by atomic mass is 10.1. The van der Waals surface area contributed by atoms with E-state index in [1.54, 1.807) is 41.5 Å². The number of carbonyl (C=O) groups excluding carboxylic acids is 3. The van der Waals surface area contributed by atoms with Gasteiger partial charge in [0.1, 0.15) is 17.2 Å². The molecule has 0 heterocycles. The second-order valence-electron chi connectivity index (χ2n) is 7.05. The Balaban J connectivity index is 5.03. The Morgan fingerprint density at radius 3 is 1.87 bits per heavy atom. The molecule has 0 aliphatic rings. The fourth-order valence-electron chi connectivity index (χ4n) is 1.51. The highest BCUT2D eigenvalue weighted by Crippen LogP contribution is 2.13. The third kappa shape index (κ3) is 9.70. The van der Waals surface area contributed by atoms with Crippen molar-refractivity contribution in [2.45, 2.75) is 71.4 Å².